The van der Waals surface area contributed by atoms with Gasteiger partial charge in [-0.2, -0.15) is 0 Å². The fraction of sp³-hybridized carbons (Fsp3) is 0.526. The average Bonchev–Trinajstić information content (AvgIpc) is 2.81. The first kappa shape index (κ1) is 17.5. The predicted octanol–water partition coefficient (Wildman–Crippen LogP) is 2.36. The largest absolute Gasteiger partial charge is 0.484 e. The highest BCUT2D eigenvalue weighted by molar-refractivity contribution is 5.77. The zero-order valence-electron chi connectivity index (χ0n) is 15.0. The minimum atomic E-state index is -0.115. The number of aryl methyl sites for hydroxylation is 3. The lowest BCUT2D eigenvalue weighted by Crippen LogP contribution is -2.31. The van der Waals surface area contributed by atoms with Crippen LogP contribution >= 0.6 is 0 Å². The van der Waals surface area contributed by atoms with E-state index in [0.717, 1.165) is 35.9 Å². The molecule has 1 aromatic heterocycles. The van der Waals surface area contributed by atoms with Crippen LogP contribution in [-0.4, -0.2) is 33.8 Å². The summed E-state index contributed by atoms with van der Waals surface area (Å²) in [7, 11) is 0. The summed E-state index contributed by atoms with van der Waals surface area (Å²) in [4.78, 5) is 12.0. The minimum Gasteiger partial charge on any atom is -0.484 e. The summed E-state index contributed by atoms with van der Waals surface area (Å²) in [6.07, 6.45) is 5.31. The number of ether oxygens (including phenoxy) is 1. The van der Waals surface area contributed by atoms with Gasteiger partial charge in [0.15, 0.2) is 6.61 Å². The predicted molar refractivity (Wildman–Crippen MR) is 95.7 cm³/mol. The maximum absolute atomic E-state index is 12.0. The standard InChI is InChI=1S/C19H26N4O2/c1-14-7-8-16(15(2)12-14)25-13-19(24)20-10-9-18-22-21-17-6-4-3-5-11-23(17)18/h7-8,12H,3-6,9-11,13H2,1-2H3,(H,20,24). The molecule has 3 rings (SSSR count). The molecule has 25 heavy (non-hydrogen) atoms. The van der Waals surface area contributed by atoms with Crippen LogP contribution in [0.2, 0.25) is 0 Å². The first-order valence-electron chi connectivity index (χ1n) is 9.01. The van der Waals surface area contributed by atoms with E-state index in [1.165, 1.54) is 24.8 Å². The molecule has 134 valence electrons. The molecular formula is C19H26N4O2. The molecule has 1 N–H and O–H groups in total. The van der Waals surface area contributed by atoms with Crippen molar-refractivity contribution in [2.45, 2.75) is 52.5 Å². The highest BCUT2D eigenvalue weighted by atomic mass is 16.5. The van der Waals surface area contributed by atoms with Crippen molar-refractivity contribution in [3.8, 4) is 5.75 Å². The van der Waals surface area contributed by atoms with E-state index in [9.17, 15) is 4.79 Å². The number of amides is 1. The summed E-state index contributed by atoms with van der Waals surface area (Å²) in [5.41, 5.74) is 2.22. The van der Waals surface area contributed by atoms with Crippen molar-refractivity contribution >= 4 is 5.91 Å². The number of hydrogen-bond acceptors (Lipinski definition) is 4. The zero-order valence-corrected chi connectivity index (χ0v) is 15.0. The molecule has 0 saturated carbocycles. The maximum Gasteiger partial charge on any atom is 0.257 e. The molecule has 6 heteroatoms. The van der Waals surface area contributed by atoms with Crippen molar-refractivity contribution < 1.29 is 9.53 Å². The van der Waals surface area contributed by atoms with Gasteiger partial charge in [-0.25, -0.2) is 0 Å². The first-order valence-corrected chi connectivity index (χ1v) is 9.01. The Kier molecular flexibility index (Phi) is 5.68. The van der Waals surface area contributed by atoms with E-state index < -0.39 is 0 Å². The summed E-state index contributed by atoms with van der Waals surface area (Å²) >= 11 is 0. The number of hydrogen-bond donors (Lipinski definition) is 1. The van der Waals surface area contributed by atoms with Crippen LogP contribution in [0.3, 0.4) is 0 Å². The normalized spacial score (nSPS) is 13.8. The molecule has 2 heterocycles. The van der Waals surface area contributed by atoms with E-state index in [2.05, 4.69) is 20.1 Å². The average molecular weight is 342 g/mol. The van der Waals surface area contributed by atoms with Crippen molar-refractivity contribution in [2.75, 3.05) is 13.2 Å². The van der Waals surface area contributed by atoms with E-state index in [0.29, 0.717) is 13.0 Å². The van der Waals surface area contributed by atoms with Crippen LogP contribution in [0.15, 0.2) is 18.2 Å². The molecule has 2 aromatic rings. The van der Waals surface area contributed by atoms with E-state index in [1.807, 2.05) is 32.0 Å². The highest BCUT2D eigenvalue weighted by Gasteiger charge is 2.14. The Balaban J connectivity index is 1.44. The number of fused-ring (bicyclic) bond motifs is 1. The summed E-state index contributed by atoms with van der Waals surface area (Å²) in [6.45, 7) is 5.59. The lowest BCUT2D eigenvalue weighted by atomic mass is 10.1. The third-order valence-corrected chi connectivity index (χ3v) is 4.55. The molecule has 0 bridgehead atoms. The third kappa shape index (κ3) is 4.59. The monoisotopic (exact) mass is 342 g/mol. The van der Waals surface area contributed by atoms with Gasteiger partial charge in [0.2, 0.25) is 0 Å². The smallest absolute Gasteiger partial charge is 0.257 e. The van der Waals surface area contributed by atoms with Gasteiger partial charge in [0.25, 0.3) is 5.91 Å². The van der Waals surface area contributed by atoms with Crippen molar-refractivity contribution in [1.82, 2.24) is 20.1 Å². The van der Waals surface area contributed by atoms with E-state index in [-0.39, 0.29) is 12.5 Å². The Morgan fingerprint density at radius 2 is 2.12 bits per heavy atom. The molecule has 0 fully saturated rings. The lowest BCUT2D eigenvalue weighted by molar-refractivity contribution is -0.123. The van der Waals surface area contributed by atoms with Gasteiger partial charge in [0, 0.05) is 25.9 Å². The van der Waals surface area contributed by atoms with Gasteiger partial charge in [0.1, 0.15) is 17.4 Å². The lowest BCUT2D eigenvalue weighted by Gasteiger charge is -2.10. The highest BCUT2D eigenvalue weighted by Crippen LogP contribution is 2.18. The molecule has 0 radical (unpaired) electrons. The molecule has 1 aliphatic heterocycles. The fourth-order valence-corrected chi connectivity index (χ4v) is 3.20. The molecule has 0 atom stereocenters. The molecule has 0 saturated heterocycles. The first-order chi connectivity index (χ1) is 12.1. The molecule has 6 nitrogen and oxygen atoms in total. The van der Waals surface area contributed by atoms with E-state index in [4.69, 9.17) is 4.74 Å². The SMILES string of the molecule is Cc1ccc(OCC(=O)NCCc2nnc3n2CCCCC3)c(C)c1. The van der Waals surface area contributed by atoms with Crippen LogP contribution in [0, 0.1) is 13.8 Å². The van der Waals surface area contributed by atoms with Gasteiger partial charge in [-0.1, -0.05) is 24.1 Å². The van der Waals surface area contributed by atoms with Crippen LogP contribution in [-0.2, 0) is 24.2 Å². The number of nitrogens with one attached hydrogen (secondary N) is 1. The number of carbonyl (C=O) groups excluding carboxylic acids is 1. The fourth-order valence-electron chi connectivity index (χ4n) is 3.20. The number of rotatable bonds is 6. The van der Waals surface area contributed by atoms with Gasteiger partial charge in [-0.3, -0.25) is 4.79 Å². The summed E-state index contributed by atoms with van der Waals surface area (Å²) in [5, 5.41) is 11.5. The molecular weight excluding hydrogens is 316 g/mol. The number of aromatic nitrogens is 3. The van der Waals surface area contributed by atoms with Crippen molar-refractivity contribution in [3.63, 3.8) is 0 Å². The minimum absolute atomic E-state index is 0.0296. The molecule has 1 amide bonds. The summed E-state index contributed by atoms with van der Waals surface area (Å²) in [5.74, 6) is 2.68. The Labute approximate surface area is 148 Å². The molecule has 0 spiro atoms. The van der Waals surface area contributed by atoms with Crippen LogP contribution in [0.25, 0.3) is 0 Å². The van der Waals surface area contributed by atoms with Crippen LogP contribution < -0.4 is 10.1 Å². The van der Waals surface area contributed by atoms with Crippen molar-refractivity contribution in [1.29, 1.82) is 0 Å². The summed E-state index contributed by atoms with van der Waals surface area (Å²) < 4.78 is 7.82. The van der Waals surface area contributed by atoms with Crippen molar-refractivity contribution in [2.24, 2.45) is 0 Å². The number of benzene rings is 1. The molecule has 1 aromatic carbocycles. The second-order valence-corrected chi connectivity index (χ2v) is 6.65. The topological polar surface area (TPSA) is 69.0 Å². The molecule has 1 aliphatic rings. The Hall–Kier alpha value is -2.37. The number of nitrogens with zero attached hydrogens (tertiary/aromatic N) is 3. The van der Waals surface area contributed by atoms with Gasteiger partial charge in [-0.15, -0.1) is 10.2 Å². The second kappa shape index (κ2) is 8.14. The van der Waals surface area contributed by atoms with Gasteiger partial charge in [0.05, 0.1) is 0 Å². The third-order valence-electron chi connectivity index (χ3n) is 4.55. The van der Waals surface area contributed by atoms with Gasteiger partial charge >= 0.3 is 0 Å². The Morgan fingerprint density at radius 3 is 2.96 bits per heavy atom. The van der Waals surface area contributed by atoms with Gasteiger partial charge in [-0.05, 0) is 38.3 Å². The molecule has 0 aliphatic carbocycles. The zero-order chi connectivity index (χ0) is 17.6. The van der Waals surface area contributed by atoms with Crippen LogP contribution in [0.1, 0.15) is 42.0 Å². The quantitative estimate of drug-likeness (QED) is 0.875. The summed E-state index contributed by atoms with van der Waals surface area (Å²) in [6, 6.07) is 5.94. The van der Waals surface area contributed by atoms with Crippen molar-refractivity contribution in [3.05, 3.63) is 41.0 Å². The molecule has 0 unspecified atom stereocenters. The van der Waals surface area contributed by atoms with E-state index in [1.54, 1.807) is 0 Å². The second-order valence-electron chi connectivity index (χ2n) is 6.65. The maximum atomic E-state index is 12.0. The Morgan fingerprint density at radius 1 is 1.24 bits per heavy atom. The van der Waals surface area contributed by atoms with Crippen LogP contribution in [0.5, 0.6) is 5.75 Å². The van der Waals surface area contributed by atoms with E-state index >= 15 is 0 Å². The number of carbonyl (C=O) groups is 1. The van der Waals surface area contributed by atoms with Crippen LogP contribution in [0.4, 0.5) is 0 Å². The van der Waals surface area contributed by atoms with Gasteiger partial charge < -0.3 is 14.6 Å². The Bertz CT molecular complexity index is 739.